The van der Waals surface area contributed by atoms with Crippen molar-refractivity contribution in [1.29, 1.82) is 0 Å². The number of hydrazone groups is 1. The summed E-state index contributed by atoms with van der Waals surface area (Å²) in [5, 5.41) is 3.50. The van der Waals surface area contributed by atoms with E-state index in [0.29, 0.717) is 0 Å². The number of nitrogens with zero attached hydrogens (tertiary/aromatic N) is 1. The van der Waals surface area contributed by atoms with Crippen molar-refractivity contribution in [3.8, 4) is 0 Å². The number of carbonyl (C=O) groups is 2. The van der Waals surface area contributed by atoms with Crippen LogP contribution in [0.2, 0.25) is 0 Å². The van der Waals surface area contributed by atoms with Gasteiger partial charge in [0.15, 0.2) is 10.6 Å². The first-order valence-electron chi connectivity index (χ1n) is 3.74. The Balaban J connectivity index is 2.83. The third kappa shape index (κ3) is 1.65. The van der Waals surface area contributed by atoms with Gasteiger partial charge in [0.1, 0.15) is 0 Å². The minimum Gasteiger partial charge on any atom is -0.461 e. The average Bonchev–Trinajstić information content (AvgIpc) is 2.28. The molecule has 0 saturated carbocycles. The molecule has 1 amide bonds. The lowest BCUT2D eigenvalue weighted by Crippen LogP contribution is -2.40. The Kier molecular flexibility index (Phi) is 2.56. The normalized spacial score (nSPS) is 26.7. The van der Waals surface area contributed by atoms with Crippen LogP contribution in [0.5, 0.6) is 0 Å². The molecular weight excluding hydrogens is 196 g/mol. The van der Waals surface area contributed by atoms with Crippen molar-refractivity contribution in [2.75, 3.05) is 6.61 Å². The highest BCUT2D eigenvalue weighted by atomic mass is 35.5. The molecule has 1 N–H and O–H groups in total. The van der Waals surface area contributed by atoms with E-state index in [1.165, 1.54) is 6.92 Å². The summed E-state index contributed by atoms with van der Waals surface area (Å²) in [5.74, 6) is -1.18. The highest BCUT2D eigenvalue weighted by Crippen LogP contribution is 2.21. The van der Waals surface area contributed by atoms with Crippen molar-refractivity contribution in [3.63, 3.8) is 0 Å². The Hall–Kier alpha value is -1.10. The predicted molar refractivity (Wildman–Crippen MR) is 46.5 cm³/mol. The molecule has 1 aliphatic heterocycles. The summed E-state index contributed by atoms with van der Waals surface area (Å²) in [5.41, 5.74) is 2.02. The van der Waals surface area contributed by atoms with Crippen molar-refractivity contribution in [1.82, 2.24) is 5.43 Å². The summed E-state index contributed by atoms with van der Waals surface area (Å²) in [6, 6.07) is 0. The molecule has 72 valence electrons. The lowest BCUT2D eigenvalue weighted by atomic mass is 10.1. The largest absolute Gasteiger partial charge is 0.461 e. The minimum atomic E-state index is -1.41. The molecule has 1 heterocycles. The minimum absolute atomic E-state index is 0.0963. The number of hydrogen-bond donors (Lipinski definition) is 1. The van der Waals surface area contributed by atoms with Crippen LogP contribution in [0.15, 0.2) is 5.10 Å². The molecule has 0 saturated heterocycles. The van der Waals surface area contributed by atoms with Crippen LogP contribution in [0.25, 0.3) is 0 Å². The molecule has 1 atom stereocenters. The molecule has 13 heavy (non-hydrogen) atoms. The van der Waals surface area contributed by atoms with Gasteiger partial charge < -0.3 is 4.74 Å². The van der Waals surface area contributed by atoms with Gasteiger partial charge >= 0.3 is 5.97 Å². The smallest absolute Gasteiger partial charge is 0.356 e. The van der Waals surface area contributed by atoms with Crippen LogP contribution in [0.1, 0.15) is 13.8 Å². The molecule has 6 heteroatoms. The number of ether oxygens (including phenoxy) is 1. The number of esters is 1. The van der Waals surface area contributed by atoms with E-state index in [4.69, 9.17) is 11.6 Å². The lowest BCUT2D eigenvalue weighted by molar-refractivity contribution is -0.135. The van der Waals surface area contributed by atoms with Gasteiger partial charge in [-0.05, 0) is 13.8 Å². The van der Waals surface area contributed by atoms with Gasteiger partial charge in [0.2, 0.25) is 0 Å². The monoisotopic (exact) mass is 204 g/mol. The molecule has 0 aromatic carbocycles. The standard InChI is InChI=1S/C7H9ClN2O3/c1-3-13-5(11)4-7(2,8)6(12)10-9-4/h3H2,1-2H3,(H,10,12). The van der Waals surface area contributed by atoms with Crippen molar-refractivity contribution < 1.29 is 14.3 Å². The SMILES string of the molecule is CCOC(=O)C1=NNC(=O)C1(C)Cl. The summed E-state index contributed by atoms with van der Waals surface area (Å²) in [7, 11) is 0. The van der Waals surface area contributed by atoms with Crippen molar-refractivity contribution in [3.05, 3.63) is 0 Å². The number of hydrogen-bond acceptors (Lipinski definition) is 4. The van der Waals surface area contributed by atoms with Crippen LogP contribution in [-0.4, -0.2) is 29.1 Å². The Bertz CT molecular complexity index is 285. The van der Waals surface area contributed by atoms with Crippen molar-refractivity contribution in [2.45, 2.75) is 18.7 Å². The van der Waals surface area contributed by atoms with Gasteiger partial charge in [0, 0.05) is 0 Å². The van der Waals surface area contributed by atoms with Gasteiger partial charge in [-0.1, -0.05) is 0 Å². The molecule has 1 rings (SSSR count). The van der Waals surface area contributed by atoms with E-state index in [0.717, 1.165) is 0 Å². The maximum atomic E-state index is 11.2. The highest BCUT2D eigenvalue weighted by Gasteiger charge is 2.45. The third-order valence-electron chi connectivity index (χ3n) is 1.61. The van der Waals surface area contributed by atoms with Crippen LogP contribution in [0, 0.1) is 0 Å². The van der Waals surface area contributed by atoms with E-state index in [1.807, 2.05) is 0 Å². The summed E-state index contributed by atoms with van der Waals surface area (Å²) in [6.07, 6.45) is 0. The fourth-order valence-electron chi connectivity index (χ4n) is 0.861. The maximum absolute atomic E-state index is 11.2. The van der Waals surface area contributed by atoms with Crippen molar-refractivity contribution >= 4 is 29.2 Å². The summed E-state index contributed by atoms with van der Waals surface area (Å²) in [4.78, 5) is 20.8. The number of amides is 1. The first-order chi connectivity index (χ1) is 6.00. The second-order valence-electron chi connectivity index (χ2n) is 2.62. The zero-order chi connectivity index (χ0) is 10.1. The Labute approximate surface area is 80.1 Å². The number of halogens is 1. The van der Waals surface area contributed by atoms with Crippen LogP contribution in [0.4, 0.5) is 0 Å². The number of carbonyl (C=O) groups excluding carboxylic acids is 2. The Morgan fingerprint density at radius 1 is 1.77 bits per heavy atom. The third-order valence-corrected chi connectivity index (χ3v) is 1.96. The molecular formula is C7H9ClN2O3. The average molecular weight is 205 g/mol. The fraction of sp³-hybridized carbons (Fsp3) is 0.571. The van der Waals surface area contributed by atoms with Gasteiger partial charge in [-0.3, -0.25) is 4.79 Å². The van der Waals surface area contributed by atoms with E-state index in [2.05, 4.69) is 15.3 Å². The van der Waals surface area contributed by atoms with Gasteiger partial charge in [-0.15, -0.1) is 11.6 Å². The summed E-state index contributed by atoms with van der Waals surface area (Å²) in [6.45, 7) is 3.28. The molecule has 0 spiro atoms. The first kappa shape index (κ1) is 9.98. The number of alkyl halides is 1. The Morgan fingerprint density at radius 3 is 2.77 bits per heavy atom. The molecule has 0 fully saturated rings. The lowest BCUT2D eigenvalue weighted by Gasteiger charge is -2.12. The summed E-state index contributed by atoms with van der Waals surface area (Å²) < 4.78 is 4.66. The number of rotatable bonds is 2. The molecule has 0 aromatic heterocycles. The zero-order valence-electron chi connectivity index (χ0n) is 7.26. The molecule has 5 nitrogen and oxygen atoms in total. The molecule has 1 aliphatic rings. The second-order valence-corrected chi connectivity index (χ2v) is 3.38. The molecule has 0 aromatic rings. The fourth-order valence-corrected chi connectivity index (χ4v) is 1.02. The van der Waals surface area contributed by atoms with Crippen LogP contribution in [0.3, 0.4) is 0 Å². The van der Waals surface area contributed by atoms with Gasteiger partial charge in [-0.2, -0.15) is 5.10 Å². The summed E-state index contributed by atoms with van der Waals surface area (Å²) >= 11 is 5.77. The molecule has 0 bridgehead atoms. The molecule has 0 radical (unpaired) electrons. The molecule has 1 unspecified atom stereocenters. The van der Waals surface area contributed by atoms with E-state index < -0.39 is 16.8 Å². The first-order valence-corrected chi connectivity index (χ1v) is 4.12. The van der Waals surface area contributed by atoms with E-state index in [-0.39, 0.29) is 12.3 Å². The zero-order valence-corrected chi connectivity index (χ0v) is 8.01. The van der Waals surface area contributed by atoms with Crippen LogP contribution in [-0.2, 0) is 14.3 Å². The number of nitrogens with one attached hydrogen (secondary N) is 1. The quantitative estimate of drug-likeness (QED) is 0.510. The van der Waals surface area contributed by atoms with E-state index in [1.54, 1.807) is 6.92 Å². The topological polar surface area (TPSA) is 67.8 Å². The van der Waals surface area contributed by atoms with E-state index in [9.17, 15) is 9.59 Å². The highest BCUT2D eigenvalue weighted by molar-refractivity contribution is 6.60. The Morgan fingerprint density at radius 2 is 2.38 bits per heavy atom. The van der Waals surface area contributed by atoms with Gasteiger partial charge in [0.05, 0.1) is 6.61 Å². The second kappa shape index (κ2) is 3.33. The van der Waals surface area contributed by atoms with Crippen LogP contribution < -0.4 is 5.43 Å². The predicted octanol–water partition coefficient (Wildman–Crippen LogP) is 0.0328. The van der Waals surface area contributed by atoms with Crippen molar-refractivity contribution in [2.24, 2.45) is 5.10 Å². The van der Waals surface area contributed by atoms with Gasteiger partial charge in [0.25, 0.3) is 5.91 Å². The van der Waals surface area contributed by atoms with E-state index >= 15 is 0 Å². The maximum Gasteiger partial charge on any atom is 0.356 e. The van der Waals surface area contributed by atoms with Crippen LogP contribution >= 0.6 is 11.6 Å². The molecule has 0 aliphatic carbocycles. The van der Waals surface area contributed by atoms with Gasteiger partial charge in [-0.25, -0.2) is 10.2 Å².